The summed E-state index contributed by atoms with van der Waals surface area (Å²) in [5.41, 5.74) is 13.1. The zero-order chi connectivity index (χ0) is 33.5. The van der Waals surface area contributed by atoms with Gasteiger partial charge in [0.15, 0.2) is 17.5 Å². The van der Waals surface area contributed by atoms with Crippen LogP contribution in [0.3, 0.4) is 0 Å². The van der Waals surface area contributed by atoms with E-state index in [1.807, 2.05) is 36.4 Å². The van der Waals surface area contributed by atoms with Crippen molar-refractivity contribution in [3.63, 3.8) is 0 Å². The number of aromatic nitrogens is 3. The highest BCUT2D eigenvalue weighted by atomic mass is 15.0. The molecule has 236 valence electrons. The monoisotopic (exact) mass is 647 g/mol. The molecule has 3 heteroatoms. The van der Waals surface area contributed by atoms with E-state index >= 15 is 0 Å². The van der Waals surface area contributed by atoms with E-state index < -0.39 is 5.41 Å². The summed E-state index contributed by atoms with van der Waals surface area (Å²) in [4.78, 5) is 15.0. The minimum Gasteiger partial charge on any atom is -0.208 e. The zero-order valence-corrected chi connectivity index (χ0v) is 27.6. The normalized spacial score (nSPS) is 13.3. The molecule has 0 atom stereocenters. The molecule has 0 amide bonds. The quantitative estimate of drug-likeness (QED) is 0.192. The summed E-state index contributed by atoms with van der Waals surface area (Å²) in [7, 11) is 0. The first-order chi connectivity index (χ1) is 25.3. The Hall–Kier alpha value is -6.71. The van der Waals surface area contributed by atoms with Gasteiger partial charge in [-0.05, 0) is 72.1 Å². The molecular weight excluding hydrogens is 619 g/mol. The summed E-state index contributed by atoms with van der Waals surface area (Å²) in [6, 6.07) is 63.2. The third-order valence-electron chi connectivity index (χ3n) is 10.9. The number of hydrogen-bond donors (Lipinski definition) is 0. The molecular formula is C48H29N3. The van der Waals surface area contributed by atoms with Crippen molar-refractivity contribution in [2.75, 3.05) is 0 Å². The Morgan fingerprint density at radius 1 is 0.333 bits per heavy atom. The molecule has 1 heterocycles. The Kier molecular flexibility index (Phi) is 5.88. The summed E-state index contributed by atoms with van der Waals surface area (Å²) in [5, 5.41) is 4.95. The molecule has 3 nitrogen and oxygen atoms in total. The average molecular weight is 648 g/mol. The maximum atomic E-state index is 5.05. The largest absolute Gasteiger partial charge is 0.208 e. The maximum absolute atomic E-state index is 5.05. The van der Waals surface area contributed by atoms with Gasteiger partial charge in [-0.2, -0.15) is 0 Å². The number of nitrogens with zero attached hydrogens (tertiary/aromatic N) is 3. The van der Waals surface area contributed by atoms with E-state index in [4.69, 9.17) is 15.0 Å². The van der Waals surface area contributed by atoms with Crippen LogP contribution >= 0.6 is 0 Å². The topological polar surface area (TPSA) is 38.7 Å². The van der Waals surface area contributed by atoms with Gasteiger partial charge >= 0.3 is 0 Å². The first kappa shape index (κ1) is 28.2. The van der Waals surface area contributed by atoms with Gasteiger partial charge in [0.05, 0.1) is 5.41 Å². The van der Waals surface area contributed by atoms with Gasteiger partial charge in [-0.15, -0.1) is 0 Å². The summed E-state index contributed by atoms with van der Waals surface area (Å²) in [6.45, 7) is 0. The van der Waals surface area contributed by atoms with Crippen LogP contribution in [0.5, 0.6) is 0 Å². The zero-order valence-electron chi connectivity index (χ0n) is 27.6. The lowest BCUT2D eigenvalue weighted by Crippen LogP contribution is -2.26. The molecule has 0 aliphatic heterocycles. The molecule has 0 fully saturated rings. The first-order valence-corrected chi connectivity index (χ1v) is 17.5. The smallest absolute Gasteiger partial charge is 0.164 e. The lowest BCUT2D eigenvalue weighted by molar-refractivity contribution is 0.802. The molecule has 0 bridgehead atoms. The van der Waals surface area contributed by atoms with Gasteiger partial charge in [0, 0.05) is 16.7 Å². The molecule has 8 aromatic carbocycles. The second-order valence-electron chi connectivity index (χ2n) is 13.5. The van der Waals surface area contributed by atoms with Crippen LogP contribution in [0.2, 0.25) is 0 Å². The van der Waals surface area contributed by atoms with E-state index in [0.29, 0.717) is 17.5 Å². The van der Waals surface area contributed by atoms with Crippen LogP contribution in [0, 0.1) is 0 Å². The lowest BCUT2D eigenvalue weighted by Gasteiger charge is -2.31. The van der Waals surface area contributed by atoms with Crippen molar-refractivity contribution in [2.45, 2.75) is 5.41 Å². The van der Waals surface area contributed by atoms with E-state index in [1.54, 1.807) is 0 Å². The fraction of sp³-hybridized carbons (Fsp3) is 0.0208. The molecule has 0 radical (unpaired) electrons. The Bertz CT molecular complexity index is 2750. The summed E-state index contributed by atoms with van der Waals surface area (Å²) < 4.78 is 0. The van der Waals surface area contributed by atoms with E-state index in [2.05, 4.69) is 140 Å². The lowest BCUT2D eigenvalue weighted by atomic mass is 9.69. The first-order valence-electron chi connectivity index (χ1n) is 17.5. The Morgan fingerprint density at radius 3 is 1.55 bits per heavy atom. The molecule has 0 unspecified atom stereocenters. The molecule has 2 aliphatic rings. The van der Waals surface area contributed by atoms with Crippen molar-refractivity contribution in [3.05, 3.63) is 198 Å². The second-order valence-corrected chi connectivity index (χ2v) is 13.5. The van der Waals surface area contributed by atoms with Crippen LogP contribution in [-0.2, 0) is 5.41 Å². The number of rotatable bonds is 3. The highest BCUT2D eigenvalue weighted by molar-refractivity contribution is 6.11. The number of fused-ring (bicyclic) bond motifs is 14. The SMILES string of the molecule is c1ccc(-c2nc(-c3ccccc3)nc(-c3ccc4c5c(ccc4c3)-c3c(ccc4ccccc34)C53c4ccccc4-c4ccccc43)n2)cc1. The molecule has 0 saturated heterocycles. The minimum atomic E-state index is -0.447. The van der Waals surface area contributed by atoms with Crippen molar-refractivity contribution >= 4 is 21.5 Å². The van der Waals surface area contributed by atoms with Crippen molar-refractivity contribution in [2.24, 2.45) is 0 Å². The highest BCUT2D eigenvalue weighted by Gasteiger charge is 2.52. The van der Waals surface area contributed by atoms with Crippen molar-refractivity contribution in [1.82, 2.24) is 15.0 Å². The van der Waals surface area contributed by atoms with Crippen LogP contribution in [0.4, 0.5) is 0 Å². The summed E-state index contributed by atoms with van der Waals surface area (Å²) in [6.07, 6.45) is 0. The summed E-state index contributed by atoms with van der Waals surface area (Å²) >= 11 is 0. The third-order valence-corrected chi connectivity index (χ3v) is 10.9. The van der Waals surface area contributed by atoms with Gasteiger partial charge < -0.3 is 0 Å². The predicted octanol–water partition coefficient (Wildman–Crippen LogP) is 11.5. The molecule has 2 aliphatic carbocycles. The predicted molar refractivity (Wildman–Crippen MR) is 207 cm³/mol. The van der Waals surface area contributed by atoms with Crippen molar-refractivity contribution in [3.8, 4) is 56.4 Å². The van der Waals surface area contributed by atoms with Gasteiger partial charge in [0.1, 0.15) is 0 Å². The van der Waals surface area contributed by atoms with E-state index in [1.165, 1.54) is 60.7 Å². The van der Waals surface area contributed by atoms with Gasteiger partial charge in [0.2, 0.25) is 0 Å². The van der Waals surface area contributed by atoms with Crippen LogP contribution in [0.25, 0.3) is 78.0 Å². The fourth-order valence-corrected chi connectivity index (χ4v) is 8.82. The van der Waals surface area contributed by atoms with Gasteiger partial charge in [-0.3, -0.25) is 0 Å². The van der Waals surface area contributed by atoms with Gasteiger partial charge in [-0.1, -0.05) is 170 Å². The summed E-state index contributed by atoms with van der Waals surface area (Å²) in [5.74, 6) is 1.98. The standard InChI is InChI=1S/C48H29N3/c1-3-14-31(15-4-1)45-49-46(32-16-5-2-6-17-32)51-47(50-45)34-24-26-36-33(29-34)23-27-39-43-35-18-8-7-13-30(35)25-28-42(43)48(44(36)39)40-21-11-9-19-37(40)38-20-10-12-22-41(38)48/h1-29H. The second kappa shape index (κ2) is 10.6. The Morgan fingerprint density at radius 2 is 0.882 bits per heavy atom. The maximum Gasteiger partial charge on any atom is 0.164 e. The molecule has 51 heavy (non-hydrogen) atoms. The van der Waals surface area contributed by atoms with E-state index in [9.17, 15) is 0 Å². The average Bonchev–Trinajstić information content (AvgIpc) is 3.69. The number of hydrogen-bond acceptors (Lipinski definition) is 3. The van der Waals surface area contributed by atoms with E-state index in [0.717, 1.165) is 22.1 Å². The highest BCUT2D eigenvalue weighted by Crippen LogP contribution is 2.65. The Balaban J connectivity index is 1.20. The minimum absolute atomic E-state index is 0.447. The molecule has 1 aromatic heterocycles. The molecule has 0 saturated carbocycles. The van der Waals surface area contributed by atoms with Crippen LogP contribution in [0.1, 0.15) is 22.3 Å². The third kappa shape index (κ3) is 3.92. The molecule has 1 spiro atoms. The van der Waals surface area contributed by atoms with Crippen molar-refractivity contribution in [1.29, 1.82) is 0 Å². The Labute approximate surface area is 295 Å². The van der Waals surface area contributed by atoms with E-state index in [-0.39, 0.29) is 0 Å². The molecule has 9 aromatic rings. The number of benzene rings is 8. The molecule has 0 N–H and O–H groups in total. The van der Waals surface area contributed by atoms with Gasteiger partial charge in [0.25, 0.3) is 0 Å². The molecule has 11 rings (SSSR count). The van der Waals surface area contributed by atoms with Gasteiger partial charge in [-0.25, -0.2) is 15.0 Å². The van der Waals surface area contributed by atoms with Crippen LogP contribution in [0.15, 0.2) is 176 Å². The van der Waals surface area contributed by atoms with Crippen LogP contribution < -0.4 is 0 Å². The fourth-order valence-electron chi connectivity index (χ4n) is 8.82. The van der Waals surface area contributed by atoms with Crippen molar-refractivity contribution < 1.29 is 0 Å². The van der Waals surface area contributed by atoms with Crippen LogP contribution in [-0.4, -0.2) is 15.0 Å².